The number of thioether (sulfide) groups is 1. The summed E-state index contributed by atoms with van der Waals surface area (Å²) in [4.78, 5) is 30.6. The summed E-state index contributed by atoms with van der Waals surface area (Å²) < 4.78 is 5.70. The molecule has 0 aromatic heterocycles. The van der Waals surface area contributed by atoms with Crippen LogP contribution in [0.2, 0.25) is 0 Å². The van der Waals surface area contributed by atoms with Gasteiger partial charge in [0.25, 0.3) is 5.91 Å². The van der Waals surface area contributed by atoms with E-state index in [1.54, 1.807) is 17.0 Å². The van der Waals surface area contributed by atoms with Gasteiger partial charge in [-0.15, -0.1) is 0 Å². The average molecular weight is 425 g/mol. The average Bonchev–Trinajstić information content (AvgIpc) is 3.01. The van der Waals surface area contributed by atoms with Gasteiger partial charge in [0.05, 0.1) is 22.8 Å². The monoisotopic (exact) mass is 424 g/mol. The molecule has 1 heterocycles. The lowest BCUT2D eigenvalue weighted by molar-refractivity contribution is -0.122. The molecule has 2 aromatic carbocycles. The smallest absolute Gasteiger partial charge is 0.335 e. The maximum atomic E-state index is 12.8. The fraction of sp³-hybridized carbons (Fsp3) is 0.261. The third kappa shape index (κ3) is 5.30. The molecule has 7 heteroatoms. The van der Waals surface area contributed by atoms with E-state index < -0.39 is 5.97 Å². The zero-order valence-corrected chi connectivity index (χ0v) is 18.0. The van der Waals surface area contributed by atoms with Gasteiger partial charge in [0.2, 0.25) is 0 Å². The first-order valence-corrected chi connectivity index (χ1v) is 10.6. The van der Waals surface area contributed by atoms with E-state index in [4.69, 9.17) is 9.84 Å². The number of aliphatic imine (C=N–C) groups is 1. The molecule has 6 nitrogen and oxygen atoms in total. The lowest BCUT2D eigenvalue weighted by atomic mass is 10.2. The van der Waals surface area contributed by atoms with Crippen LogP contribution in [0.1, 0.15) is 36.7 Å². The number of benzene rings is 2. The molecule has 156 valence electrons. The van der Waals surface area contributed by atoms with E-state index in [2.05, 4.69) is 18.8 Å². The summed E-state index contributed by atoms with van der Waals surface area (Å²) in [5, 5.41) is 9.70. The summed E-state index contributed by atoms with van der Waals surface area (Å²) >= 11 is 1.28. The lowest BCUT2D eigenvalue weighted by Crippen LogP contribution is -2.28. The van der Waals surface area contributed by atoms with Crippen molar-refractivity contribution in [2.75, 3.05) is 13.2 Å². The van der Waals surface area contributed by atoms with Crippen LogP contribution in [-0.4, -0.2) is 40.2 Å². The number of likely N-dealkylation sites (N-methyl/N-ethyl adjacent to an activating group) is 1. The summed E-state index contributed by atoms with van der Waals surface area (Å²) in [6.07, 6.45) is 1.83. The van der Waals surface area contributed by atoms with Crippen LogP contribution in [0, 0.1) is 5.92 Å². The minimum absolute atomic E-state index is 0.115. The van der Waals surface area contributed by atoms with Crippen molar-refractivity contribution in [3.63, 3.8) is 0 Å². The fourth-order valence-corrected chi connectivity index (χ4v) is 3.83. The zero-order valence-electron chi connectivity index (χ0n) is 17.2. The van der Waals surface area contributed by atoms with Crippen LogP contribution in [-0.2, 0) is 4.79 Å². The second-order valence-corrected chi connectivity index (χ2v) is 8.19. The number of carboxylic acids is 1. The maximum absolute atomic E-state index is 12.8. The fourth-order valence-electron chi connectivity index (χ4n) is 2.76. The molecule has 1 aliphatic heterocycles. The van der Waals surface area contributed by atoms with Gasteiger partial charge in [-0.2, -0.15) is 0 Å². The maximum Gasteiger partial charge on any atom is 0.335 e. The van der Waals surface area contributed by atoms with Crippen molar-refractivity contribution in [3.05, 3.63) is 64.6 Å². The Hall–Kier alpha value is -3.06. The molecule has 0 saturated carbocycles. The molecule has 1 aliphatic rings. The molecule has 2 aromatic rings. The number of hydrogen-bond acceptors (Lipinski definition) is 5. The number of carboxylic acid groups (broad SMARTS) is 1. The molecule has 1 N–H and O–H groups in total. The number of amides is 1. The second-order valence-electron chi connectivity index (χ2n) is 7.18. The van der Waals surface area contributed by atoms with Gasteiger partial charge in [-0.05, 0) is 66.6 Å². The van der Waals surface area contributed by atoms with Gasteiger partial charge in [-0.3, -0.25) is 9.69 Å². The predicted octanol–water partition coefficient (Wildman–Crippen LogP) is 5.04. The van der Waals surface area contributed by atoms with Crippen LogP contribution in [0.15, 0.2) is 58.4 Å². The highest BCUT2D eigenvalue weighted by molar-refractivity contribution is 8.18. The van der Waals surface area contributed by atoms with E-state index >= 15 is 0 Å². The Morgan fingerprint density at radius 1 is 1.23 bits per heavy atom. The first kappa shape index (κ1) is 21.6. The topological polar surface area (TPSA) is 79.2 Å². The van der Waals surface area contributed by atoms with Gasteiger partial charge in [0.15, 0.2) is 5.17 Å². The summed E-state index contributed by atoms with van der Waals surface area (Å²) in [5.41, 5.74) is 1.55. The molecule has 1 amide bonds. The van der Waals surface area contributed by atoms with Crippen molar-refractivity contribution >= 4 is 40.6 Å². The number of carbonyl (C=O) groups is 2. The van der Waals surface area contributed by atoms with E-state index in [1.165, 1.54) is 23.9 Å². The Morgan fingerprint density at radius 2 is 1.97 bits per heavy atom. The number of nitrogens with zero attached hydrogens (tertiary/aromatic N) is 2. The summed E-state index contributed by atoms with van der Waals surface area (Å²) in [6, 6.07) is 14.0. The molecular weight excluding hydrogens is 400 g/mol. The Kier molecular flexibility index (Phi) is 6.95. The van der Waals surface area contributed by atoms with Gasteiger partial charge in [0, 0.05) is 6.54 Å². The standard InChI is InChI=1S/C23H24N2O4S/c1-4-25-21(26)20(12-16-8-10-19(11-9-16)29-14-15(2)3)30-23(25)24-18-7-5-6-17(13-18)22(27)28/h5-13,15H,4,14H2,1-3H3,(H,27,28)/b20-12+,24-23?. The second kappa shape index (κ2) is 9.63. The molecule has 0 aliphatic carbocycles. The third-order valence-corrected chi connectivity index (χ3v) is 5.29. The SMILES string of the molecule is CCN1C(=O)/C(=C\c2ccc(OCC(C)C)cc2)SC1=Nc1cccc(C(=O)O)c1. The molecule has 0 spiro atoms. The molecule has 1 saturated heterocycles. The highest BCUT2D eigenvalue weighted by Gasteiger charge is 2.32. The quantitative estimate of drug-likeness (QED) is 0.630. The minimum Gasteiger partial charge on any atom is -0.493 e. The van der Waals surface area contributed by atoms with Crippen molar-refractivity contribution < 1.29 is 19.4 Å². The van der Waals surface area contributed by atoms with Crippen LogP contribution in [0.4, 0.5) is 5.69 Å². The predicted molar refractivity (Wildman–Crippen MR) is 120 cm³/mol. The van der Waals surface area contributed by atoms with Crippen molar-refractivity contribution in [2.24, 2.45) is 10.9 Å². The molecule has 3 rings (SSSR count). The number of amidine groups is 1. The van der Waals surface area contributed by atoms with E-state index in [1.807, 2.05) is 37.3 Å². The van der Waals surface area contributed by atoms with Crippen LogP contribution < -0.4 is 4.74 Å². The molecular formula is C23H24N2O4S. The highest BCUT2D eigenvalue weighted by Crippen LogP contribution is 2.34. The van der Waals surface area contributed by atoms with E-state index in [9.17, 15) is 9.59 Å². The first-order valence-electron chi connectivity index (χ1n) is 9.73. The van der Waals surface area contributed by atoms with E-state index in [-0.39, 0.29) is 11.5 Å². The minimum atomic E-state index is -1.01. The van der Waals surface area contributed by atoms with Crippen molar-refractivity contribution in [3.8, 4) is 5.75 Å². The van der Waals surface area contributed by atoms with Gasteiger partial charge in [0.1, 0.15) is 5.75 Å². The molecule has 0 unspecified atom stereocenters. The number of hydrogen-bond donors (Lipinski definition) is 1. The largest absolute Gasteiger partial charge is 0.493 e. The normalized spacial score (nSPS) is 16.7. The van der Waals surface area contributed by atoms with E-state index in [0.29, 0.717) is 34.8 Å². The van der Waals surface area contributed by atoms with Crippen LogP contribution >= 0.6 is 11.8 Å². The zero-order chi connectivity index (χ0) is 21.7. The molecule has 0 bridgehead atoms. The number of aromatic carboxylic acids is 1. The Labute approximate surface area is 180 Å². The van der Waals surface area contributed by atoms with Crippen LogP contribution in [0.25, 0.3) is 6.08 Å². The third-order valence-electron chi connectivity index (χ3n) is 4.28. The highest BCUT2D eigenvalue weighted by atomic mass is 32.2. The molecule has 30 heavy (non-hydrogen) atoms. The summed E-state index contributed by atoms with van der Waals surface area (Å²) in [5.74, 6) is 0.122. The first-order chi connectivity index (χ1) is 14.4. The van der Waals surface area contributed by atoms with Gasteiger partial charge >= 0.3 is 5.97 Å². The summed E-state index contributed by atoms with van der Waals surface area (Å²) in [7, 11) is 0. The number of rotatable bonds is 7. The Morgan fingerprint density at radius 3 is 2.60 bits per heavy atom. The van der Waals surface area contributed by atoms with Gasteiger partial charge < -0.3 is 9.84 Å². The van der Waals surface area contributed by atoms with E-state index in [0.717, 1.165) is 11.3 Å². The van der Waals surface area contributed by atoms with Gasteiger partial charge in [-0.1, -0.05) is 32.0 Å². The molecule has 0 atom stereocenters. The molecule has 0 radical (unpaired) electrons. The van der Waals surface area contributed by atoms with Crippen LogP contribution in [0.5, 0.6) is 5.75 Å². The van der Waals surface area contributed by atoms with Crippen LogP contribution in [0.3, 0.4) is 0 Å². The lowest BCUT2D eigenvalue weighted by Gasteiger charge is -2.12. The number of ether oxygens (including phenoxy) is 1. The van der Waals surface area contributed by atoms with Crippen molar-refractivity contribution in [2.45, 2.75) is 20.8 Å². The Balaban J connectivity index is 1.81. The van der Waals surface area contributed by atoms with Gasteiger partial charge in [-0.25, -0.2) is 9.79 Å². The Bertz CT molecular complexity index is 997. The van der Waals surface area contributed by atoms with Crippen molar-refractivity contribution in [1.82, 2.24) is 4.90 Å². The van der Waals surface area contributed by atoms with Crippen molar-refractivity contribution in [1.29, 1.82) is 0 Å². The number of carbonyl (C=O) groups excluding carboxylic acids is 1. The summed E-state index contributed by atoms with van der Waals surface area (Å²) in [6.45, 7) is 7.20. The molecule has 1 fully saturated rings.